The number of hydrogen-bond acceptors (Lipinski definition) is 5. The number of amides is 1. The second-order valence-corrected chi connectivity index (χ2v) is 4.10. The summed E-state index contributed by atoms with van der Waals surface area (Å²) in [7, 11) is 1.76. The fourth-order valence-electron chi connectivity index (χ4n) is 2.27. The highest BCUT2D eigenvalue weighted by Gasteiger charge is 2.41. The lowest BCUT2D eigenvalue weighted by Gasteiger charge is -2.26. The van der Waals surface area contributed by atoms with E-state index in [1.165, 1.54) is 4.90 Å². The number of carbonyl (C=O) groups excluding carboxylic acids is 1. The number of nitrogens with zero attached hydrogens (tertiary/aromatic N) is 4. The Labute approximate surface area is 103 Å². The normalized spacial score (nSPS) is 17.8. The number of carbonyl (C=O) groups is 1. The van der Waals surface area contributed by atoms with Gasteiger partial charge in [0.1, 0.15) is 17.5 Å². The predicted octanol–water partition coefficient (Wildman–Crippen LogP) is 1.02. The van der Waals surface area contributed by atoms with Gasteiger partial charge in [-0.2, -0.15) is 5.26 Å². The minimum Gasteiger partial charge on any atom is -0.326 e. The molecule has 1 aromatic rings. The van der Waals surface area contributed by atoms with Gasteiger partial charge in [-0.05, 0) is 12.1 Å². The number of nitrogens with one attached hydrogen (secondary N) is 1. The van der Waals surface area contributed by atoms with E-state index >= 15 is 0 Å². The number of fused-ring (bicyclic) bond motifs is 3. The average molecular weight is 239 g/mol. The Hall–Kier alpha value is -2.68. The third-order valence-electron chi connectivity index (χ3n) is 3.08. The van der Waals surface area contributed by atoms with Crippen LogP contribution in [0, 0.1) is 16.7 Å². The van der Waals surface area contributed by atoms with Crippen LogP contribution in [0.5, 0.6) is 0 Å². The molecule has 1 aromatic heterocycles. The van der Waals surface area contributed by atoms with Crippen LogP contribution in [-0.2, 0) is 4.79 Å². The molecule has 3 heterocycles. The van der Waals surface area contributed by atoms with E-state index in [2.05, 4.69) is 4.98 Å². The summed E-state index contributed by atoms with van der Waals surface area (Å²) in [6.07, 6.45) is 1.55. The molecule has 6 heteroatoms. The van der Waals surface area contributed by atoms with Gasteiger partial charge in [-0.25, -0.2) is 9.88 Å². The van der Waals surface area contributed by atoms with Gasteiger partial charge in [0.25, 0.3) is 0 Å². The zero-order chi connectivity index (χ0) is 12.9. The van der Waals surface area contributed by atoms with Gasteiger partial charge in [0.15, 0.2) is 5.82 Å². The summed E-state index contributed by atoms with van der Waals surface area (Å²) in [5.41, 5.74) is 1.06. The average Bonchev–Trinajstić information content (AvgIpc) is 2.65. The highest BCUT2D eigenvalue weighted by atomic mass is 16.2. The van der Waals surface area contributed by atoms with E-state index in [1.807, 2.05) is 12.1 Å². The summed E-state index contributed by atoms with van der Waals surface area (Å²) in [6.45, 7) is 0. The zero-order valence-corrected chi connectivity index (χ0v) is 9.64. The quantitative estimate of drug-likeness (QED) is 0.732. The van der Waals surface area contributed by atoms with E-state index in [0.29, 0.717) is 11.6 Å². The third-order valence-corrected chi connectivity index (χ3v) is 3.08. The number of anilines is 2. The van der Waals surface area contributed by atoms with Crippen molar-refractivity contribution in [3.8, 4) is 6.07 Å². The van der Waals surface area contributed by atoms with Crippen LogP contribution in [0.25, 0.3) is 0 Å². The van der Waals surface area contributed by atoms with Crippen LogP contribution in [-0.4, -0.2) is 23.7 Å². The van der Waals surface area contributed by atoms with Crippen molar-refractivity contribution in [3.05, 3.63) is 29.7 Å². The molecule has 0 aromatic carbocycles. The number of pyridine rings is 1. The van der Waals surface area contributed by atoms with E-state index in [9.17, 15) is 4.79 Å². The fraction of sp³-hybridized carbons (Fsp3) is 0.167. The molecule has 18 heavy (non-hydrogen) atoms. The molecule has 88 valence electrons. The predicted molar refractivity (Wildman–Crippen MR) is 65.1 cm³/mol. The largest absolute Gasteiger partial charge is 0.326 e. The molecule has 0 saturated carbocycles. The van der Waals surface area contributed by atoms with Crippen LogP contribution in [0.2, 0.25) is 0 Å². The number of aromatic nitrogens is 1. The summed E-state index contributed by atoms with van der Waals surface area (Å²) >= 11 is 0. The molecule has 1 amide bonds. The molecule has 0 fully saturated rings. The summed E-state index contributed by atoms with van der Waals surface area (Å²) in [5.74, 6) is 0.742. The summed E-state index contributed by atoms with van der Waals surface area (Å²) in [4.78, 5) is 19.4. The van der Waals surface area contributed by atoms with E-state index < -0.39 is 0 Å². The molecule has 2 aliphatic heterocycles. The van der Waals surface area contributed by atoms with Crippen molar-refractivity contribution in [2.75, 3.05) is 16.8 Å². The standard InChI is InChI=1S/C12H9N5O/c1-16-9-3-2-4-15-11(9)17-10(18)5-8(14)7(6-13)12(16)17/h2-4,14H,5H2,1H3. The number of nitriles is 1. The van der Waals surface area contributed by atoms with Crippen molar-refractivity contribution in [1.29, 1.82) is 10.7 Å². The van der Waals surface area contributed by atoms with E-state index in [4.69, 9.17) is 10.7 Å². The molecule has 0 saturated heterocycles. The van der Waals surface area contributed by atoms with Crippen LogP contribution in [0.4, 0.5) is 11.5 Å². The maximum absolute atomic E-state index is 12.0. The lowest BCUT2D eigenvalue weighted by atomic mass is 10.0. The van der Waals surface area contributed by atoms with Crippen molar-refractivity contribution < 1.29 is 4.79 Å². The summed E-state index contributed by atoms with van der Waals surface area (Å²) < 4.78 is 0. The fourth-order valence-corrected chi connectivity index (χ4v) is 2.27. The second-order valence-electron chi connectivity index (χ2n) is 4.10. The van der Waals surface area contributed by atoms with Gasteiger partial charge in [0.2, 0.25) is 5.91 Å². The summed E-state index contributed by atoms with van der Waals surface area (Å²) in [5, 5.41) is 16.9. The Balaban J connectivity index is 2.32. The smallest absolute Gasteiger partial charge is 0.240 e. The molecule has 0 radical (unpaired) electrons. The molecule has 0 aliphatic carbocycles. The van der Waals surface area contributed by atoms with Crippen LogP contribution < -0.4 is 9.80 Å². The number of rotatable bonds is 0. The lowest BCUT2D eigenvalue weighted by molar-refractivity contribution is -0.117. The second kappa shape index (κ2) is 3.40. The number of allylic oxidation sites excluding steroid dienone is 1. The molecular weight excluding hydrogens is 230 g/mol. The van der Waals surface area contributed by atoms with Gasteiger partial charge < -0.3 is 10.3 Å². The Kier molecular flexibility index (Phi) is 1.98. The molecule has 0 bridgehead atoms. The SMILES string of the molecule is CN1C2=C(C#N)C(=N)CC(=O)N2c2ncccc21. The first kappa shape index (κ1) is 10.5. The van der Waals surface area contributed by atoms with Crippen molar-refractivity contribution >= 4 is 23.1 Å². The first-order valence-corrected chi connectivity index (χ1v) is 5.39. The Morgan fingerprint density at radius 3 is 3.06 bits per heavy atom. The first-order valence-electron chi connectivity index (χ1n) is 5.39. The van der Waals surface area contributed by atoms with Gasteiger partial charge in [-0.15, -0.1) is 0 Å². The minimum atomic E-state index is -0.224. The summed E-state index contributed by atoms with van der Waals surface area (Å²) in [6, 6.07) is 5.61. The Morgan fingerprint density at radius 1 is 1.56 bits per heavy atom. The van der Waals surface area contributed by atoms with Gasteiger partial charge in [0.05, 0.1) is 17.8 Å². The maximum atomic E-state index is 12.0. The molecular formula is C12H9N5O. The highest BCUT2D eigenvalue weighted by Crippen LogP contribution is 2.42. The van der Waals surface area contributed by atoms with Crippen molar-refractivity contribution in [3.63, 3.8) is 0 Å². The van der Waals surface area contributed by atoms with E-state index in [0.717, 1.165) is 5.69 Å². The molecule has 0 atom stereocenters. The van der Waals surface area contributed by atoms with Crippen molar-refractivity contribution in [2.24, 2.45) is 0 Å². The van der Waals surface area contributed by atoms with Crippen molar-refractivity contribution in [1.82, 2.24) is 4.98 Å². The molecule has 2 aliphatic rings. The monoisotopic (exact) mass is 239 g/mol. The molecule has 0 spiro atoms. The highest BCUT2D eigenvalue weighted by molar-refractivity contribution is 6.22. The van der Waals surface area contributed by atoms with Gasteiger partial charge in [0, 0.05) is 13.2 Å². The molecule has 0 unspecified atom stereocenters. The minimum absolute atomic E-state index is 0.0593. The van der Waals surface area contributed by atoms with Crippen LogP contribution in [0.3, 0.4) is 0 Å². The zero-order valence-electron chi connectivity index (χ0n) is 9.64. The Morgan fingerprint density at radius 2 is 2.33 bits per heavy atom. The lowest BCUT2D eigenvalue weighted by Crippen LogP contribution is -2.39. The molecule has 1 N–H and O–H groups in total. The topological polar surface area (TPSA) is 84.1 Å². The molecule has 6 nitrogen and oxygen atoms in total. The van der Waals surface area contributed by atoms with Crippen molar-refractivity contribution in [2.45, 2.75) is 6.42 Å². The van der Waals surface area contributed by atoms with Crippen LogP contribution in [0.1, 0.15) is 6.42 Å². The first-order chi connectivity index (χ1) is 8.65. The molecule has 3 rings (SSSR count). The third kappa shape index (κ3) is 1.13. The Bertz CT molecular complexity index is 655. The number of hydrogen-bond donors (Lipinski definition) is 1. The van der Waals surface area contributed by atoms with Gasteiger partial charge in [-0.3, -0.25) is 4.79 Å². The van der Waals surface area contributed by atoms with E-state index in [-0.39, 0.29) is 23.6 Å². The van der Waals surface area contributed by atoms with E-state index in [1.54, 1.807) is 24.2 Å². The maximum Gasteiger partial charge on any atom is 0.240 e. The van der Waals surface area contributed by atoms with Crippen LogP contribution >= 0.6 is 0 Å². The van der Waals surface area contributed by atoms with Gasteiger partial charge in [-0.1, -0.05) is 0 Å². The van der Waals surface area contributed by atoms with Gasteiger partial charge >= 0.3 is 0 Å². The van der Waals surface area contributed by atoms with Crippen LogP contribution in [0.15, 0.2) is 29.7 Å².